The number of rotatable bonds is 4. The van der Waals surface area contributed by atoms with Crippen LogP contribution in [0.4, 0.5) is 17.6 Å². The Morgan fingerprint density at radius 2 is 1.62 bits per heavy atom. The third kappa shape index (κ3) is 4.74. The predicted molar refractivity (Wildman–Crippen MR) is 74.9 cm³/mol. The molecule has 0 N–H and O–H groups in total. The summed E-state index contributed by atoms with van der Waals surface area (Å²) in [6, 6.07) is 11.9. The fraction of sp³-hybridized carbons (Fsp3) is 0.200. The van der Waals surface area contributed by atoms with Gasteiger partial charge in [-0.15, -0.1) is 13.2 Å². The molecule has 0 aliphatic carbocycles. The first kappa shape index (κ1) is 15.8. The average molecular weight is 363 g/mol. The number of hydrogen-bond donors (Lipinski definition) is 0. The van der Waals surface area contributed by atoms with Crippen molar-refractivity contribution >= 4 is 15.9 Å². The van der Waals surface area contributed by atoms with Crippen LogP contribution < -0.4 is 4.74 Å². The van der Waals surface area contributed by atoms with Gasteiger partial charge < -0.3 is 4.74 Å². The molecule has 0 aliphatic rings. The molecule has 2 aromatic carbocycles. The first-order valence-electron chi connectivity index (χ1n) is 6.08. The van der Waals surface area contributed by atoms with E-state index in [1.807, 2.05) is 0 Å². The van der Waals surface area contributed by atoms with Crippen LogP contribution in [0.25, 0.3) is 0 Å². The summed E-state index contributed by atoms with van der Waals surface area (Å²) in [5.41, 5.74) is 1.28. The minimum Gasteiger partial charge on any atom is -0.406 e. The molecule has 1 unspecified atom stereocenters. The topological polar surface area (TPSA) is 9.23 Å². The van der Waals surface area contributed by atoms with Gasteiger partial charge in [0.05, 0.1) is 0 Å². The molecule has 0 fully saturated rings. The number of ether oxygens (including phenoxy) is 1. The molecule has 0 aromatic heterocycles. The molecule has 1 nitrogen and oxygen atoms in total. The van der Waals surface area contributed by atoms with E-state index in [0.717, 1.165) is 5.56 Å². The summed E-state index contributed by atoms with van der Waals surface area (Å²) in [6.07, 6.45) is -4.31. The summed E-state index contributed by atoms with van der Waals surface area (Å²) in [4.78, 5) is -0.200. The second kappa shape index (κ2) is 6.47. The molecule has 0 radical (unpaired) electrons. The lowest BCUT2D eigenvalue weighted by atomic mass is 10.0. The Bertz CT molecular complexity index is 595. The highest BCUT2D eigenvalue weighted by Crippen LogP contribution is 2.30. The molecule has 6 heteroatoms. The van der Waals surface area contributed by atoms with E-state index in [4.69, 9.17) is 0 Å². The molecule has 2 rings (SSSR count). The molecule has 0 saturated carbocycles. The quantitative estimate of drug-likeness (QED) is 0.522. The van der Waals surface area contributed by atoms with E-state index >= 15 is 0 Å². The summed E-state index contributed by atoms with van der Waals surface area (Å²) in [7, 11) is 0. The van der Waals surface area contributed by atoms with Crippen molar-refractivity contribution in [3.63, 3.8) is 0 Å². The smallest absolute Gasteiger partial charge is 0.406 e. The van der Waals surface area contributed by atoms with Gasteiger partial charge in [-0.3, -0.25) is 0 Å². The monoisotopic (exact) mass is 362 g/mol. The third-order valence-corrected chi connectivity index (χ3v) is 3.68. The van der Waals surface area contributed by atoms with Crippen LogP contribution in [-0.4, -0.2) is 6.36 Å². The minimum absolute atomic E-state index is 0.200. The lowest BCUT2D eigenvalue weighted by molar-refractivity contribution is -0.274. The molecule has 0 bridgehead atoms. The van der Waals surface area contributed by atoms with Crippen LogP contribution in [0.1, 0.15) is 16.0 Å². The number of benzene rings is 2. The molecule has 0 heterocycles. The summed E-state index contributed by atoms with van der Waals surface area (Å²) >= 11 is 3.41. The van der Waals surface area contributed by atoms with Crippen molar-refractivity contribution < 1.29 is 22.3 Å². The Hall–Kier alpha value is -1.56. The largest absolute Gasteiger partial charge is 0.573 e. The third-order valence-electron chi connectivity index (χ3n) is 2.83. The molecule has 1 atom stereocenters. The van der Waals surface area contributed by atoms with Gasteiger partial charge in [-0.25, -0.2) is 4.39 Å². The van der Waals surface area contributed by atoms with Gasteiger partial charge in [0, 0.05) is 4.83 Å². The van der Waals surface area contributed by atoms with Crippen molar-refractivity contribution in [3.05, 3.63) is 65.5 Å². The van der Waals surface area contributed by atoms with Crippen LogP contribution in [-0.2, 0) is 6.42 Å². The molecule has 0 spiro atoms. The van der Waals surface area contributed by atoms with Gasteiger partial charge in [-0.2, -0.15) is 0 Å². The zero-order valence-electron chi connectivity index (χ0n) is 10.7. The highest BCUT2D eigenvalue weighted by Gasteiger charge is 2.31. The predicted octanol–water partition coefficient (Wildman–Crippen LogP) is 5.40. The van der Waals surface area contributed by atoms with Gasteiger partial charge in [-0.05, 0) is 35.7 Å². The van der Waals surface area contributed by atoms with E-state index in [2.05, 4.69) is 20.7 Å². The van der Waals surface area contributed by atoms with Crippen LogP contribution >= 0.6 is 15.9 Å². The van der Waals surface area contributed by atoms with Crippen molar-refractivity contribution in [2.45, 2.75) is 17.6 Å². The van der Waals surface area contributed by atoms with Crippen molar-refractivity contribution in [1.29, 1.82) is 0 Å². The second-order valence-electron chi connectivity index (χ2n) is 4.38. The SMILES string of the molecule is Fc1ccccc1CC(Br)c1ccc(OC(F)(F)F)cc1. The second-order valence-corrected chi connectivity index (χ2v) is 5.49. The summed E-state index contributed by atoms with van der Waals surface area (Å²) in [5, 5.41) is 0. The summed E-state index contributed by atoms with van der Waals surface area (Å²) in [6.45, 7) is 0. The normalized spacial score (nSPS) is 13.0. The van der Waals surface area contributed by atoms with E-state index in [1.54, 1.807) is 18.2 Å². The van der Waals surface area contributed by atoms with Crippen LogP contribution in [0.5, 0.6) is 5.75 Å². The Morgan fingerprint density at radius 3 is 2.19 bits per heavy atom. The van der Waals surface area contributed by atoms with E-state index in [0.29, 0.717) is 12.0 Å². The lowest BCUT2D eigenvalue weighted by Gasteiger charge is -2.13. The van der Waals surface area contributed by atoms with E-state index in [9.17, 15) is 17.6 Å². The van der Waals surface area contributed by atoms with Crippen molar-refractivity contribution in [3.8, 4) is 5.75 Å². The standard InChI is InChI=1S/C15H11BrF4O/c16-13(9-11-3-1-2-4-14(11)17)10-5-7-12(8-6-10)21-15(18,19)20/h1-8,13H,9H2. The highest BCUT2D eigenvalue weighted by atomic mass is 79.9. The maximum absolute atomic E-state index is 13.5. The van der Waals surface area contributed by atoms with Gasteiger partial charge in [0.1, 0.15) is 11.6 Å². The molecule has 0 amide bonds. The maximum Gasteiger partial charge on any atom is 0.573 e. The van der Waals surface area contributed by atoms with Crippen LogP contribution in [0.2, 0.25) is 0 Å². The molecule has 2 aromatic rings. The van der Waals surface area contributed by atoms with Crippen molar-refractivity contribution in [2.75, 3.05) is 0 Å². The zero-order chi connectivity index (χ0) is 15.5. The minimum atomic E-state index is -4.71. The van der Waals surface area contributed by atoms with Crippen molar-refractivity contribution in [2.24, 2.45) is 0 Å². The van der Waals surface area contributed by atoms with E-state index in [1.165, 1.54) is 30.3 Å². The first-order valence-corrected chi connectivity index (χ1v) is 7.00. The lowest BCUT2D eigenvalue weighted by Crippen LogP contribution is -2.17. The van der Waals surface area contributed by atoms with Gasteiger partial charge in [0.25, 0.3) is 0 Å². The summed E-state index contributed by atoms with van der Waals surface area (Å²) in [5.74, 6) is -0.587. The van der Waals surface area contributed by atoms with Gasteiger partial charge in [0.15, 0.2) is 0 Å². The molecule has 21 heavy (non-hydrogen) atoms. The fourth-order valence-corrected chi connectivity index (χ4v) is 2.51. The first-order chi connectivity index (χ1) is 9.85. The Labute approximate surface area is 127 Å². The average Bonchev–Trinajstić information content (AvgIpc) is 2.40. The van der Waals surface area contributed by atoms with E-state index < -0.39 is 6.36 Å². The molecule has 112 valence electrons. The molecular formula is C15H11BrF4O. The number of hydrogen-bond acceptors (Lipinski definition) is 1. The molecular weight excluding hydrogens is 352 g/mol. The zero-order valence-corrected chi connectivity index (χ0v) is 12.3. The molecule has 0 aliphatic heterocycles. The molecule has 0 saturated heterocycles. The maximum atomic E-state index is 13.5. The Morgan fingerprint density at radius 1 is 1.00 bits per heavy atom. The van der Waals surface area contributed by atoms with Crippen LogP contribution in [0, 0.1) is 5.82 Å². The van der Waals surface area contributed by atoms with Crippen LogP contribution in [0.15, 0.2) is 48.5 Å². The van der Waals surface area contributed by atoms with Gasteiger partial charge in [0.2, 0.25) is 0 Å². The number of alkyl halides is 4. The fourth-order valence-electron chi connectivity index (χ4n) is 1.85. The Balaban J connectivity index is 2.06. The van der Waals surface area contributed by atoms with Gasteiger partial charge >= 0.3 is 6.36 Å². The Kier molecular flexibility index (Phi) is 4.88. The number of halogens is 5. The summed E-state index contributed by atoms with van der Waals surface area (Å²) < 4.78 is 53.5. The van der Waals surface area contributed by atoms with E-state index in [-0.39, 0.29) is 16.4 Å². The highest BCUT2D eigenvalue weighted by molar-refractivity contribution is 9.09. The van der Waals surface area contributed by atoms with Gasteiger partial charge in [-0.1, -0.05) is 46.3 Å². The van der Waals surface area contributed by atoms with Crippen molar-refractivity contribution in [1.82, 2.24) is 0 Å². The van der Waals surface area contributed by atoms with Crippen LogP contribution in [0.3, 0.4) is 0 Å².